The molecule has 30 nitrogen and oxygen atoms in total. The number of carbonyl (C=O) groups excluding carboxylic acids is 6. The summed E-state index contributed by atoms with van der Waals surface area (Å²) in [7, 11) is 21.6. The Balaban J connectivity index is 0.952. The average molecular weight is 1190 g/mol. The van der Waals surface area contributed by atoms with Gasteiger partial charge in [-0.2, -0.15) is 0 Å². The first-order chi connectivity index (χ1) is 36.8. The van der Waals surface area contributed by atoms with Gasteiger partial charge in [-0.1, -0.05) is 0 Å². The molecule has 13 aliphatic heterocycles. The Hall–Kier alpha value is -6.24. The Bertz CT molecular complexity index is 2240. The van der Waals surface area contributed by atoms with Crippen LogP contribution in [0.1, 0.15) is 0 Å². The standard InChI is InChI=1S/C42H60N24O6S6/c1-43-19-20(44(2)37(43)73)56-14-58-23-24(48(6)39(75)47(23)5)60(33(58)69)16-62-27-28(52(10)41(77)51(27)9)64(35(62)71)18-66-30-29(53(11)42(78)54(30)12)65(36(66)72)17-63-26-25(49(7)40(76)50(26)8)61(34(63)70)15-59-22-21(45(3)38(74)46(22)4)57(32(59)68)13-55(19)31(56)67/h19-30H,13-18H2,1-12H3. The summed E-state index contributed by atoms with van der Waals surface area (Å²) in [5.41, 5.74) is 0. The van der Waals surface area contributed by atoms with E-state index >= 15 is 28.8 Å². The number of rotatable bonds is 0. The Morgan fingerprint density at radius 3 is 0.359 bits per heavy atom. The van der Waals surface area contributed by atoms with Crippen LogP contribution in [-0.2, 0) is 0 Å². The van der Waals surface area contributed by atoms with Gasteiger partial charge in [0, 0.05) is 84.6 Å². The molecule has 13 fully saturated rings. The quantitative estimate of drug-likeness (QED) is 0.225. The fraction of sp³-hybridized carbons (Fsp3) is 0.714. The highest BCUT2D eigenvalue weighted by molar-refractivity contribution is 7.81. The molecule has 0 aliphatic carbocycles. The molecular weight excluding hydrogens is 1130 g/mol. The van der Waals surface area contributed by atoms with E-state index in [0.29, 0.717) is 30.7 Å². The van der Waals surface area contributed by atoms with Crippen LogP contribution in [0.15, 0.2) is 0 Å². The van der Waals surface area contributed by atoms with Crippen LogP contribution >= 0.6 is 73.3 Å². The van der Waals surface area contributed by atoms with Crippen molar-refractivity contribution in [3.8, 4) is 0 Å². The maximum absolute atomic E-state index is 15.5. The Kier molecular flexibility index (Phi) is 10.9. The highest BCUT2D eigenvalue weighted by Crippen LogP contribution is 2.45. The van der Waals surface area contributed by atoms with Gasteiger partial charge in [0.15, 0.2) is 30.7 Å². The van der Waals surface area contributed by atoms with Crippen LogP contribution < -0.4 is 0 Å². The van der Waals surface area contributed by atoms with E-state index in [1.807, 2.05) is 58.8 Å². The number of hydrogen-bond donors (Lipinski definition) is 0. The third kappa shape index (κ3) is 6.04. The summed E-state index contributed by atoms with van der Waals surface area (Å²) in [6.45, 7) is -1.38. The summed E-state index contributed by atoms with van der Waals surface area (Å²) < 4.78 is 0. The molecule has 0 spiro atoms. The topological polar surface area (TPSA) is 180 Å². The zero-order valence-corrected chi connectivity index (χ0v) is 49.7. The fourth-order valence-electron chi connectivity index (χ4n) is 14.8. The fourth-order valence-corrected chi connectivity index (χ4v) is 16.0. The van der Waals surface area contributed by atoms with Crippen molar-refractivity contribution >= 4 is 140 Å². The smallest absolute Gasteiger partial charge is 0.326 e. The first-order valence-corrected chi connectivity index (χ1v) is 27.6. The minimum absolute atomic E-state index is 0.230. The Morgan fingerprint density at radius 1 is 0.205 bits per heavy atom. The van der Waals surface area contributed by atoms with Gasteiger partial charge >= 0.3 is 36.2 Å². The average Bonchev–Trinajstić information content (AvgIpc) is 4.37. The maximum atomic E-state index is 15.5. The minimum atomic E-state index is -0.727. The molecule has 12 amide bonds. The largest absolute Gasteiger partial charge is 0.328 e. The molecule has 12 unspecified atom stereocenters. The molecule has 0 aromatic rings. The lowest BCUT2D eigenvalue weighted by atomic mass is 10.3. The molecule has 420 valence electrons. The van der Waals surface area contributed by atoms with E-state index in [4.69, 9.17) is 73.3 Å². The van der Waals surface area contributed by atoms with Crippen LogP contribution in [0.3, 0.4) is 0 Å². The lowest BCUT2D eigenvalue weighted by Gasteiger charge is -2.36. The van der Waals surface area contributed by atoms with Gasteiger partial charge in [-0.15, -0.1) is 0 Å². The predicted octanol–water partition coefficient (Wildman–Crippen LogP) is -2.94. The molecule has 13 heterocycles. The summed E-state index contributed by atoms with van der Waals surface area (Å²) in [5, 5.41) is 2.64. The van der Waals surface area contributed by atoms with Crippen LogP contribution in [0, 0.1) is 0 Å². The third-order valence-electron chi connectivity index (χ3n) is 18.6. The number of hydrogen-bond acceptors (Lipinski definition) is 12. The van der Waals surface area contributed by atoms with Crippen molar-refractivity contribution in [2.24, 2.45) is 0 Å². The van der Waals surface area contributed by atoms with Crippen molar-refractivity contribution in [1.82, 2.24) is 118 Å². The van der Waals surface area contributed by atoms with Gasteiger partial charge in [-0.05, 0) is 73.3 Å². The highest BCUT2D eigenvalue weighted by atomic mass is 32.1. The van der Waals surface area contributed by atoms with Crippen LogP contribution in [0.2, 0.25) is 0 Å². The second kappa shape index (κ2) is 16.7. The normalized spacial score (nSPS) is 35.8. The number of fused-ring (bicyclic) bond motifs is 30. The molecule has 0 N–H and O–H groups in total. The lowest BCUT2D eigenvalue weighted by molar-refractivity contribution is 0.0596. The van der Waals surface area contributed by atoms with E-state index < -0.39 is 110 Å². The van der Waals surface area contributed by atoms with E-state index in [-0.39, 0.29) is 40.0 Å². The zero-order valence-electron chi connectivity index (χ0n) is 44.8. The number of carbonyl (C=O) groups is 6. The Labute approximate surface area is 482 Å². The van der Waals surface area contributed by atoms with Crippen molar-refractivity contribution in [2.45, 2.75) is 74.0 Å². The van der Waals surface area contributed by atoms with Crippen molar-refractivity contribution in [1.29, 1.82) is 0 Å². The van der Waals surface area contributed by atoms with Gasteiger partial charge in [0.2, 0.25) is 0 Å². The minimum Gasteiger partial charge on any atom is -0.328 e. The number of urea groups is 6. The summed E-state index contributed by atoms with van der Waals surface area (Å²) in [5.74, 6) is 0. The molecular formula is C42H60N24O6S6. The number of amides is 12. The zero-order chi connectivity index (χ0) is 56.0. The second-order valence-electron chi connectivity index (χ2n) is 22.2. The van der Waals surface area contributed by atoms with E-state index in [9.17, 15) is 0 Å². The molecule has 13 aliphatic rings. The molecule has 36 heteroatoms. The summed E-state index contributed by atoms with van der Waals surface area (Å²) in [6.07, 6.45) is -8.73. The van der Waals surface area contributed by atoms with Crippen LogP contribution in [0.5, 0.6) is 0 Å². The first-order valence-electron chi connectivity index (χ1n) is 25.2. The maximum Gasteiger partial charge on any atom is 0.326 e. The van der Waals surface area contributed by atoms with E-state index in [1.54, 1.807) is 143 Å². The summed E-state index contributed by atoms with van der Waals surface area (Å²) in [4.78, 5) is 134. The third-order valence-corrected chi connectivity index (χ3v) is 22.0. The number of likely N-dealkylation sites (N-methyl/N-ethyl adjacent to an activating group) is 12. The second-order valence-corrected chi connectivity index (χ2v) is 24.4. The van der Waals surface area contributed by atoms with Gasteiger partial charge in [-0.3, -0.25) is 58.8 Å². The molecule has 12 bridgehead atoms. The van der Waals surface area contributed by atoms with Crippen molar-refractivity contribution in [3.63, 3.8) is 0 Å². The van der Waals surface area contributed by atoms with E-state index in [2.05, 4.69) is 0 Å². The predicted molar refractivity (Wildman–Crippen MR) is 298 cm³/mol. The van der Waals surface area contributed by atoms with Crippen molar-refractivity contribution in [3.05, 3.63) is 0 Å². The van der Waals surface area contributed by atoms with Gasteiger partial charge in [0.05, 0.1) is 0 Å². The molecule has 12 atom stereocenters. The van der Waals surface area contributed by atoms with Crippen LogP contribution in [0.25, 0.3) is 0 Å². The molecule has 78 heavy (non-hydrogen) atoms. The highest BCUT2D eigenvalue weighted by Gasteiger charge is 2.67. The van der Waals surface area contributed by atoms with Gasteiger partial charge in [0.1, 0.15) is 114 Å². The molecule has 13 rings (SSSR count). The van der Waals surface area contributed by atoms with Crippen LogP contribution in [0.4, 0.5) is 28.8 Å². The molecule has 0 aromatic heterocycles. The summed E-state index contributed by atoms with van der Waals surface area (Å²) >= 11 is 35.9. The van der Waals surface area contributed by atoms with E-state index in [0.717, 1.165) is 0 Å². The first kappa shape index (κ1) is 51.2. The van der Waals surface area contributed by atoms with Gasteiger partial charge in [0.25, 0.3) is 0 Å². The van der Waals surface area contributed by atoms with Gasteiger partial charge < -0.3 is 58.8 Å². The van der Waals surface area contributed by atoms with Crippen LogP contribution in [-0.4, -0.2) is 383 Å². The lowest BCUT2D eigenvalue weighted by Crippen LogP contribution is -2.56. The molecule has 0 saturated carbocycles. The Morgan fingerprint density at radius 2 is 0.282 bits per heavy atom. The monoisotopic (exact) mass is 1190 g/mol. The molecule has 0 aromatic carbocycles. The summed E-state index contributed by atoms with van der Waals surface area (Å²) in [6, 6.07) is -2.81. The number of thiocarbonyl (C=S) groups is 6. The SMILES string of the molecule is CN1C(=S)N(C)C2C1N1CN3C(=O)N(CN4C(=O)N(CN5C(=O)N(CN6C(=O)N(CN7C(=O)N(CN2C1=O)C1C7N(C)C(=S)N1C)C1C6N(C)C(=S)N1C)C1C5N(C)C(=S)N1C)C1C4N(C)C(=S)N1C)C1C3N(C)C(=S)N1C. The molecule has 0 radical (unpaired) electrons. The van der Waals surface area contributed by atoms with E-state index in [1.165, 1.54) is 0 Å². The number of nitrogens with zero attached hydrogens (tertiary/aromatic N) is 24. The molecule has 13 saturated heterocycles. The van der Waals surface area contributed by atoms with Gasteiger partial charge in [-0.25, -0.2) is 28.8 Å². The van der Waals surface area contributed by atoms with Crippen molar-refractivity contribution < 1.29 is 28.8 Å². The van der Waals surface area contributed by atoms with Crippen molar-refractivity contribution in [2.75, 3.05) is 125 Å².